The van der Waals surface area contributed by atoms with Crippen LogP contribution in [-0.4, -0.2) is 12.4 Å². The van der Waals surface area contributed by atoms with E-state index in [1.54, 1.807) is 12.1 Å². The minimum Gasteiger partial charge on any atom is -0.484 e. The molecule has 0 bridgehead atoms. The Balaban J connectivity index is 1.91. The Labute approximate surface area is 87.8 Å². The molecule has 0 aromatic heterocycles. The number of carbonyl (C=O) groups excluding carboxylic acids is 1. The normalized spacial score (nSPS) is 15.2. The monoisotopic (exact) mass is 210 g/mol. The zero-order chi connectivity index (χ0) is 9.97. The molecule has 0 radical (unpaired) electrons. The molecule has 0 atom stereocenters. The van der Waals surface area contributed by atoms with Crippen molar-refractivity contribution in [3.05, 3.63) is 29.3 Å². The third-order valence-electron chi connectivity index (χ3n) is 2.24. The average molecular weight is 211 g/mol. The van der Waals surface area contributed by atoms with Crippen LogP contribution in [0.3, 0.4) is 0 Å². The van der Waals surface area contributed by atoms with E-state index in [0.29, 0.717) is 10.8 Å². The van der Waals surface area contributed by atoms with Crippen LogP contribution in [0.2, 0.25) is 5.02 Å². The number of rotatable bonds is 4. The summed E-state index contributed by atoms with van der Waals surface area (Å²) in [6, 6.07) is 7.18. The summed E-state index contributed by atoms with van der Waals surface area (Å²) in [4.78, 5) is 11.3. The van der Waals surface area contributed by atoms with Crippen LogP contribution >= 0.6 is 11.6 Å². The lowest BCUT2D eigenvalue weighted by Crippen LogP contribution is -2.12. The molecule has 0 amide bonds. The van der Waals surface area contributed by atoms with Gasteiger partial charge in [-0.05, 0) is 25.0 Å². The van der Waals surface area contributed by atoms with Gasteiger partial charge in [-0.25, -0.2) is 0 Å². The number of ketones is 1. The molecule has 0 aliphatic heterocycles. The van der Waals surface area contributed by atoms with E-state index >= 15 is 0 Å². The maximum absolute atomic E-state index is 11.3. The number of Topliss-reactive ketones (excluding diaryl/α,β-unsaturated/α-hetero) is 1. The fourth-order valence-electron chi connectivity index (χ4n) is 1.23. The molecule has 1 aliphatic rings. The summed E-state index contributed by atoms with van der Waals surface area (Å²) in [5.41, 5.74) is 0. The highest BCUT2D eigenvalue weighted by molar-refractivity contribution is 6.32. The van der Waals surface area contributed by atoms with Crippen molar-refractivity contribution in [2.75, 3.05) is 6.61 Å². The molecule has 14 heavy (non-hydrogen) atoms. The van der Waals surface area contributed by atoms with E-state index in [1.807, 2.05) is 12.1 Å². The molecule has 1 fully saturated rings. The van der Waals surface area contributed by atoms with Crippen molar-refractivity contribution >= 4 is 17.4 Å². The van der Waals surface area contributed by atoms with Crippen LogP contribution < -0.4 is 4.74 Å². The topological polar surface area (TPSA) is 26.3 Å². The first-order chi connectivity index (χ1) is 6.77. The molecule has 0 heterocycles. The van der Waals surface area contributed by atoms with Crippen molar-refractivity contribution in [3.8, 4) is 5.75 Å². The highest BCUT2D eigenvalue weighted by atomic mass is 35.5. The molecule has 0 N–H and O–H groups in total. The second kappa shape index (κ2) is 4.01. The third-order valence-corrected chi connectivity index (χ3v) is 2.55. The lowest BCUT2D eigenvalue weighted by atomic mass is 10.3. The van der Waals surface area contributed by atoms with Gasteiger partial charge in [0.1, 0.15) is 12.4 Å². The summed E-state index contributed by atoms with van der Waals surface area (Å²) in [7, 11) is 0. The number of hydrogen-bond acceptors (Lipinski definition) is 2. The molecular weight excluding hydrogens is 200 g/mol. The van der Waals surface area contributed by atoms with E-state index in [-0.39, 0.29) is 18.3 Å². The Morgan fingerprint density at radius 2 is 2.14 bits per heavy atom. The zero-order valence-electron chi connectivity index (χ0n) is 7.70. The summed E-state index contributed by atoms with van der Waals surface area (Å²) in [5, 5.41) is 0.552. The number of hydrogen-bond donors (Lipinski definition) is 0. The molecule has 0 unspecified atom stereocenters. The summed E-state index contributed by atoms with van der Waals surface area (Å²) in [5.74, 6) is 1.02. The smallest absolute Gasteiger partial charge is 0.173 e. The maximum Gasteiger partial charge on any atom is 0.173 e. The first-order valence-electron chi connectivity index (χ1n) is 4.67. The van der Waals surface area contributed by atoms with Crippen LogP contribution in [0.5, 0.6) is 5.75 Å². The van der Waals surface area contributed by atoms with E-state index < -0.39 is 0 Å². The van der Waals surface area contributed by atoms with Crippen molar-refractivity contribution in [2.24, 2.45) is 5.92 Å². The molecule has 2 nitrogen and oxygen atoms in total. The molecule has 1 saturated carbocycles. The van der Waals surface area contributed by atoms with Crippen molar-refractivity contribution in [1.82, 2.24) is 0 Å². The van der Waals surface area contributed by atoms with Gasteiger partial charge in [0.25, 0.3) is 0 Å². The first kappa shape index (κ1) is 9.53. The Morgan fingerprint density at radius 3 is 2.79 bits per heavy atom. The van der Waals surface area contributed by atoms with Gasteiger partial charge in [-0.1, -0.05) is 23.7 Å². The second-order valence-electron chi connectivity index (χ2n) is 3.46. The van der Waals surface area contributed by atoms with E-state index in [0.717, 1.165) is 12.8 Å². The average Bonchev–Trinajstić information content (AvgIpc) is 2.99. The van der Waals surface area contributed by atoms with Gasteiger partial charge in [-0.15, -0.1) is 0 Å². The van der Waals surface area contributed by atoms with Gasteiger partial charge in [0.05, 0.1) is 5.02 Å². The molecule has 0 spiro atoms. The number of ether oxygens (including phenoxy) is 1. The quantitative estimate of drug-likeness (QED) is 0.764. The summed E-state index contributed by atoms with van der Waals surface area (Å²) in [6.45, 7) is 0.147. The molecule has 2 rings (SSSR count). The van der Waals surface area contributed by atoms with Crippen molar-refractivity contribution in [3.63, 3.8) is 0 Å². The highest BCUT2D eigenvalue weighted by Gasteiger charge is 2.29. The van der Waals surface area contributed by atoms with Gasteiger partial charge in [0.15, 0.2) is 5.78 Å². The zero-order valence-corrected chi connectivity index (χ0v) is 8.46. The maximum atomic E-state index is 11.3. The minimum absolute atomic E-state index is 0.147. The number of benzene rings is 1. The molecule has 74 valence electrons. The van der Waals surface area contributed by atoms with Gasteiger partial charge in [0, 0.05) is 5.92 Å². The van der Waals surface area contributed by atoms with E-state index in [1.165, 1.54) is 0 Å². The molecule has 1 aromatic rings. The molecule has 1 aliphatic carbocycles. The van der Waals surface area contributed by atoms with Crippen LogP contribution in [-0.2, 0) is 4.79 Å². The Kier molecular flexibility index (Phi) is 2.73. The predicted octanol–water partition coefficient (Wildman–Crippen LogP) is 2.70. The number of carbonyl (C=O) groups is 1. The summed E-state index contributed by atoms with van der Waals surface area (Å²) < 4.78 is 5.32. The van der Waals surface area contributed by atoms with Crippen molar-refractivity contribution in [1.29, 1.82) is 0 Å². The second-order valence-corrected chi connectivity index (χ2v) is 3.87. The standard InChI is InChI=1S/C11H11ClO2/c12-9-3-1-2-4-11(9)14-7-10(13)8-5-6-8/h1-4,8H,5-7H2. The minimum atomic E-state index is 0.147. The van der Waals surface area contributed by atoms with Crippen LogP contribution in [0.1, 0.15) is 12.8 Å². The molecule has 0 saturated heterocycles. The molecular formula is C11H11ClO2. The Morgan fingerprint density at radius 1 is 1.43 bits per heavy atom. The number of halogens is 1. The Hall–Kier alpha value is -1.02. The van der Waals surface area contributed by atoms with E-state index in [9.17, 15) is 4.79 Å². The predicted molar refractivity (Wildman–Crippen MR) is 54.7 cm³/mol. The van der Waals surface area contributed by atoms with Crippen LogP contribution in [0.15, 0.2) is 24.3 Å². The third kappa shape index (κ3) is 2.26. The van der Waals surface area contributed by atoms with Gasteiger partial charge in [-0.2, -0.15) is 0 Å². The lowest BCUT2D eigenvalue weighted by Gasteiger charge is -2.05. The van der Waals surface area contributed by atoms with E-state index in [2.05, 4.69) is 0 Å². The summed E-state index contributed by atoms with van der Waals surface area (Å²) >= 11 is 5.87. The highest BCUT2D eigenvalue weighted by Crippen LogP contribution is 2.30. The van der Waals surface area contributed by atoms with Crippen LogP contribution in [0, 0.1) is 5.92 Å². The fraction of sp³-hybridized carbons (Fsp3) is 0.364. The SMILES string of the molecule is O=C(COc1ccccc1Cl)C1CC1. The largest absolute Gasteiger partial charge is 0.484 e. The van der Waals surface area contributed by atoms with Gasteiger partial charge >= 0.3 is 0 Å². The summed E-state index contributed by atoms with van der Waals surface area (Å²) in [6.07, 6.45) is 2.04. The van der Waals surface area contributed by atoms with Crippen molar-refractivity contribution < 1.29 is 9.53 Å². The van der Waals surface area contributed by atoms with E-state index in [4.69, 9.17) is 16.3 Å². The fourth-order valence-corrected chi connectivity index (χ4v) is 1.42. The van der Waals surface area contributed by atoms with Crippen LogP contribution in [0.4, 0.5) is 0 Å². The number of para-hydroxylation sites is 1. The lowest BCUT2D eigenvalue weighted by molar-refractivity contribution is -0.122. The molecule has 3 heteroatoms. The van der Waals surface area contributed by atoms with Crippen LogP contribution in [0.25, 0.3) is 0 Å². The van der Waals surface area contributed by atoms with Gasteiger partial charge in [0.2, 0.25) is 0 Å². The molecule has 1 aromatic carbocycles. The van der Waals surface area contributed by atoms with Crippen molar-refractivity contribution in [2.45, 2.75) is 12.8 Å². The van der Waals surface area contributed by atoms with Gasteiger partial charge in [-0.3, -0.25) is 4.79 Å². The van der Waals surface area contributed by atoms with Gasteiger partial charge < -0.3 is 4.74 Å². The Bertz CT molecular complexity index is 345. The first-order valence-corrected chi connectivity index (χ1v) is 5.05.